The van der Waals surface area contributed by atoms with Gasteiger partial charge in [0.25, 0.3) is 0 Å². The van der Waals surface area contributed by atoms with Crippen LogP contribution in [0.1, 0.15) is 18.4 Å². The van der Waals surface area contributed by atoms with Gasteiger partial charge in [-0.05, 0) is 48.4 Å². The average Bonchev–Trinajstić information content (AvgIpc) is 2.73. The maximum Gasteiger partial charge on any atom is 0.222 e. The molecule has 1 fully saturated rings. The first-order valence-corrected chi connectivity index (χ1v) is 12.4. The highest BCUT2D eigenvalue weighted by Gasteiger charge is 2.21. The number of sulfone groups is 1. The van der Waals surface area contributed by atoms with Crippen LogP contribution in [0.2, 0.25) is 5.02 Å². The number of halogens is 2. The van der Waals surface area contributed by atoms with E-state index in [1.165, 1.54) is 24.3 Å². The molecule has 1 saturated heterocycles. The van der Waals surface area contributed by atoms with Gasteiger partial charge in [-0.25, -0.2) is 12.8 Å². The smallest absolute Gasteiger partial charge is 0.222 e. The number of carbonyl (C=O) groups is 1. The molecule has 0 atom stereocenters. The van der Waals surface area contributed by atoms with Gasteiger partial charge in [-0.1, -0.05) is 17.7 Å². The van der Waals surface area contributed by atoms with Crippen molar-refractivity contribution >= 4 is 27.3 Å². The van der Waals surface area contributed by atoms with Crippen molar-refractivity contribution in [1.29, 1.82) is 0 Å². The Bertz CT molecular complexity index is 1010. The maximum atomic E-state index is 13.2. The molecule has 9 heteroatoms. The highest BCUT2D eigenvalue weighted by molar-refractivity contribution is 7.90. The van der Waals surface area contributed by atoms with E-state index >= 15 is 0 Å². The Morgan fingerprint density at radius 3 is 2.39 bits per heavy atom. The Balaban J connectivity index is 1.36. The summed E-state index contributed by atoms with van der Waals surface area (Å²) >= 11 is 6.10. The molecular weight excluding hydrogens is 443 g/mol. The zero-order valence-corrected chi connectivity index (χ0v) is 19.0. The fourth-order valence-electron chi connectivity index (χ4n) is 3.40. The van der Waals surface area contributed by atoms with Gasteiger partial charge in [0.15, 0.2) is 9.84 Å². The van der Waals surface area contributed by atoms with E-state index in [1.54, 1.807) is 18.2 Å². The predicted octanol–water partition coefficient (Wildman–Crippen LogP) is 3.39. The van der Waals surface area contributed by atoms with Gasteiger partial charge < -0.3 is 9.64 Å². The van der Waals surface area contributed by atoms with Crippen LogP contribution in [0.25, 0.3) is 0 Å². The van der Waals surface area contributed by atoms with Crippen molar-refractivity contribution in [2.45, 2.75) is 24.3 Å². The SMILES string of the molecule is CS(=O)(=O)c1ccc(OCCCC(=O)N2CCN(Cc3ccc(F)cc3Cl)CC2)cc1. The molecule has 1 aliphatic rings. The zero-order valence-electron chi connectivity index (χ0n) is 17.4. The topological polar surface area (TPSA) is 66.9 Å². The van der Waals surface area contributed by atoms with Crippen molar-refractivity contribution < 1.29 is 22.3 Å². The highest BCUT2D eigenvalue weighted by atomic mass is 35.5. The summed E-state index contributed by atoms with van der Waals surface area (Å²) in [6.45, 7) is 3.78. The van der Waals surface area contributed by atoms with Crippen molar-refractivity contribution in [3.63, 3.8) is 0 Å². The standard InChI is InChI=1S/C22H26ClFN2O4S/c1-31(28,29)20-8-6-19(7-9-20)30-14-2-3-22(27)26-12-10-25(11-13-26)16-17-4-5-18(24)15-21(17)23/h4-9,15H,2-3,10-14,16H2,1H3. The number of hydrogen-bond donors (Lipinski definition) is 0. The van der Waals surface area contributed by atoms with Gasteiger partial charge in [-0.2, -0.15) is 0 Å². The number of hydrogen-bond acceptors (Lipinski definition) is 5. The van der Waals surface area contributed by atoms with Crippen LogP contribution < -0.4 is 4.74 Å². The van der Waals surface area contributed by atoms with Gasteiger partial charge in [0, 0.05) is 50.4 Å². The lowest BCUT2D eigenvalue weighted by Gasteiger charge is -2.35. The summed E-state index contributed by atoms with van der Waals surface area (Å²) in [5.74, 6) is 0.322. The molecule has 0 N–H and O–H groups in total. The zero-order chi connectivity index (χ0) is 22.4. The second-order valence-electron chi connectivity index (χ2n) is 7.59. The van der Waals surface area contributed by atoms with Gasteiger partial charge >= 0.3 is 0 Å². The molecule has 1 heterocycles. The molecule has 6 nitrogen and oxygen atoms in total. The number of nitrogens with zero attached hydrogens (tertiary/aromatic N) is 2. The van der Waals surface area contributed by atoms with E-state index in [9.17, 15) is 17.6 Å². The lowest BCUT2D eigenvalue weighted by Crippen LogP contribution is -2.48. The first-order chi connectivity index (χ1) is 14.7. The van der Waals surface area contributed by atoms with Crippen molar-refractivity contribution in [3.05, 3.63) is 58.9 Å². The van der Waals surface area contributed by atoms with Crippen molar-refractivity contribution in [2.75, 3.05) is 39.0 Å². The molecule has 168 valence electrons. The second kappa shape index (κ2) is 10.4. The van der Waals surface area contributed by atoms with Gasteiger partial charge in [-0.15, -0.1) is 0 Å². The third-order valence-electron chi connectivity index (χ3n) is 5.19. The lowest BCUT2D eigenvalue weighted by atomic mass is 10.2. The van der Waals surface area contributed by atoms with E-state index < -0.39 is 9.84 Å². The number of piperazine rings is 1. The number of ether oxygens (including phenoxy) is 1. The van der Waals surface area contributed by atoms with Crippen LogP contribution in [0, 0.1) is 5.82 Å². The summed E-state index contributed by atoms with van der Waals surface area (Å²) < 4.78 is 41.7. The average molecular weight is 469 g/mol. The molecule has 2 aromatic carbocycles. The van der Waals surface area contributed by atoms with Crippen molar-refractivity contribution in [3.8, 4) is 5.75 Å². The summed E-state index contributed by atoms with van der Waals surface area (Å²) in [5.41, 5.74) is 0.879. The first-order valence-electron chi connectivity index (χ1n) is 10.1. The quantitative estimate of drug-likeness (QED) is 0.555. The van der Waals surface area contributed by atoms with Crippen LogP contribution in [-0.4, -0.2) is 63.2 Å². The fraction of sp³-hybridized carbons (Fsp3) is 0.409. The van der Waals surface area contributed by atoms with E-state index in [4.69, 9.17) is 16.3 Å². The van der Waals surface area contributed by atoms with Gasteiger partial charge in [0.2, 0.25) is 5.91 Å². The number of amides is 1. The largest absolute Gasteiger partial charge is 0.494 e. The summed E-state index contributed by atoms with van der Waals surface area (Å²) in [4.78, 5) is 16.7. The number of benzene rings is 2. The van der Waals surface area contributed by atoms with Gasteiger partial charge in [0.1, 0.15) is 11.6 Å². The summed E-state index contributed by atoms with van der Waals surface area (Å²) in [5, 5.41) is 0.421. The van der Waals surface area contributed by atoms with Crippen LogP contribution in [0.4, 0.5) is 4.39 Å². The lowest BCUT2D eigenvalue weighted by molar-refractivity contribution is -0.133. The molecule has 0 bridgehead atoms. The molecule has 0 radical (unpaired) electrons. The van der Waals surface area contributed by atoms with Gasteiger partial charge in [0.05, 0.1) is 11.5 Å². The number of rotatable bonds is 8. The molecule has 1 aliphatic heterocycles. The first kappa shape index (κ1) is 23.5. The monoisotopic (exact) mass is 468 g/mol. The molecule has 3 rings (SSSR count). The molecule has 31 heavy (non-hydrogen) atoms. The summed E-state index contributed by atoms with van der Waals surface area (Å²) in [6, 6.07) is 10.7. The summed E-state index contributed by atoms with van der Waals surface area (Å²) in [7, 11) is -3.22. The molecular formula is C22H26ClFN2O4S. The summed E-state index contributed by atoms with van der Waals surface area (Å²) in [6.07, 6.45) is 2.13. The molecule has 0 unspecified atom stereocenters. The minimum Gasteiger partial charge on any atom is -0.494 e. The minimum atomic E-state index is -3.22. The second-order valence-corrected chi connectivity index (χ2v) is 10.0. The van der Waals surface area contributed by atoms with Crippen LogP contribution in [0.15, 0.2) is 47.4 Å². The Morgan fingerprint density at radius 1 is 1.10 bits per heavy atom. The molecule has 1 amide bonds. The van der Waals surface area contributed by atoms with E-state index in [0.717, 1.165) is 24.9 Å². The highest BCUT2D eigenvalue weighted by Crippen LogP contribution is 2.20. The third kappa shape index (κ3) is 6.92. The normalized spacial score (nSPS) is 15.1. The minimum absolute atomic E-state index is 0.0930. The molecule has 0 aromatic heterocycles. The number of carbonyl (C=O) groups excluding carboxylic acids is 1. The molecule has 2 aromatic rings. The Labute approximate surface area is 187 Å². The fourth-order valence-corrected chi connectivity index (χ4v) is 4.26. The van der Waals surface area contributed by atoms with Crippen LogP contribution in [0.5, 0.6) is 5.75 Å². The van der Waals surface area contributed by atoms with Crippen molar-refractivity contribution in [1.82, 2.24) is 9.80 Å². The molecule has 0 saturated carbocycles. The Hall–Kier alpha value is -2.16. The maximum absolute atomic E-state index is 13.2. The van der Waals surface area contributed by atoms with Crippen molar-refractivity contribution in [2.24, 2.45) is 0 Å². The van der Waals surface area contributed by atoms with Crippen LogP contribution >= 0.6 is 11.6 Å². The van der Waals surface area contributed by atoms with E-state index in [2.05, 4.69) is 4.90 Å². The van der Waals surface area contributed by atoms with Crippen LogP contribution in [0.3, 0.4) is 0 Å². The van der Waals surface area contributed by atoms with E-state index in [1.807, 2.05) is 4.90 Å². The van der Waals surface area contributed by atoms with E-state index in [0.29, 0.717) is 49.9 Å². The molecule has 0 spiro atoms. The van der Waals surface area contributed by atoms with Crippen LogP contribution in [-0.2, 0) is 21.2 Å². The third-order valence-corrected chi connectivity index (χ3v) is 6.67. The Kier molecular flexibility index (Phi) is 7.91. The van der Waals surface area contributed by atoms with Gasteiger partial charge in [-0.3, -0.25) is 9.69 Å². The predicted molar refractivity (Wildman–Crippen MR) is 118 cm³/mol. The Morgan fingerprint density at radius 2 is 1.77 bits per heavy atom. The van der Waals surface area contributed by atoms with E-state index in [-0.39, 0.29) is 16.6 Å². The molecule has 0 aliphatic carbocycles.